The van der Waals surface area contributed by atoms with E-state index in [1.54, 1.807) is 6.92 Å². The Hall–Kier alpha value is -1.04. The minimum Gasteiger partial charge on any atom is -0.466 e. The van der Waals surface area contributed by atoms with Crippen molar-refractivity contribution in [2.24, 2.45) is 0 Å². The summed E-state index contributed by atoms with van der Waals surface area (Å²) in [6, 6.07) is 0. The molecule has 0 radical (unpaired) electrons. The van der Waals surface area contributed by atoms with Gasteiger partial charge in [0, 0.05) is 21.9 Å². The lowest BCUT2D eigenvalue weighted by molar-refractivity contribution is -0.142. The summed E-state index contributed by atoms with van der Waals surface area (Å²) in [4.78, 5) is 15.2. The maximum absolute atomic E-state index is 12.9. The van der Waals surface area contributed by atoms with Crippen LogP contribution in [-0.4, -0.2) is 17.6 Å². The van der Waals surface area contributed by atoms with Crippen molar-refractivity contribution in [2.45, 2.75) is 26.7 Å². The molecular formula is C11H12BrF2NO2. The first-order chi connectivity index (χ1) is 7.97. The molecule has 0 saturated heterocycles. The molecule has 0 saturated carbocycles. The summed E-state index contributed by atoms with van der Waals surface area (Å²) in [6.07, 6.45) is -1.43. The molecule has 0 spiro atoms. The fourth-order valence-electron chi connectivity index (χ4n) is 1.47. The predicted octanol–water partition coefficient (Wildman–Crippen LogP) is 3.20. The lowest BCUT2D eigenvalue weighted by Gasteiger charge is -2.12. The van der Waals surface area contributed by atoms with Gasteiger partial charge in [-0.3, -0.25) is 9.78 Å². The monoisotopic (exact) mass is 307 g/mol. The predicted molar refractivity (Wildman–Crippen MR) is 62.0 cm³/mol. The van der Waals surface area contributed by atoms with Gasteiger partial charge in [0.15, 0.2) is 0 Å². The van der Waals surface area contributed by atoms with Crippen molar-refractivity contribution in [1.29, 1.82) is 0 Å². The van der Waals surface area contributed by atoms with Crippen LogP contribution >= 0.6 is 15.9 Å². The number of carbonyl (C=O) groups is 1. The molecule has 1 aromatic rings. The molecule has 0 aliphatic carbocycles. The summed E-state index contributed by atoms with van der Waals surface area (Å²) >= 11 is 3.13. The van der Waals surface area contributed by atoms with Crippen LogP contribution in [0.5, 0.6) is 0 Å². The number of aryl methyl sites for hydroxylation is 1. The van der Waals surface area contributed by atoms with E-state index >= 15 is 0 Å². The van der Waals surface area contributed by atoms with E-state index in [9.17, 15) is 13.6 Å². The van der Waals surface area contributed by atoms with Crippen LogP contribution in [0, 0.1) is 6.92 Å². The maximum Gasteiger partial charge on any atom is 0.310 e. The van der Waals surface area contributed by atoms with Crippen LogP contribution in [-0.2, 0) is 16.0 Å². The fraction of sp³-hybridized carbons (Fsp3) is 0.455. The van der Waals surface area contributed by atoms with Gasteiger partial charge in [-0.05, 0) is 35.3 Å². The van der Waals surface area contributed by atoms with Crippen molar-refractivity contribution < 1.29 is 18.3 Å². The molecule has 17 heavy (non-hydrogen) atoms. The Balaban J connectivity index is 3.12. The minimum atomic E-state index is -2.66. The standard InChI is InChI=1S/C11H12BrF2NO2/c1-3-17-9(16)4-7-8(12)5-15-6(2)10(7)11(13)14/h5,11H,3-4H2,1-2H3. The highest BCUT2D eigenvalue weighted by molar-refractivity contribution is 9.10. The van der Waals surface area contributed by atoms with Crippen LogP contribution in [0.2, 0.25) is 0 Å². The molecule has 6 heteroatoms. The third-order valence-corrected chi connectivity index (χ3v) is 2.90. The Bertz CT molecular complexity index is 424. The molecule has 1 heterocycles. The Morgan fingerprint density at radius 1 is 1.59 bits per heavy atom. The Morgan fingerprint density at radius 2 is 2.24 bits per heavy atom. The van der Waals surface area contributed by atoms with Crippen LogP contribution < -0.4 is 0 Å². The number of halogens is 3. The molecule has 0 amide bonds. The second kappa shape index (κ2) is 6.05. The number of alkyl halides is 2. The topological polar surface area (TPSA) is 39.2 Å². The van der Waals surface area contributed by atoms with Crippen molar-refractivity contribution in [3.05, 3.63) is 27.5 Å². The average molecular weight is 308 g/mol. The molecule has 0 N–H and O–H groups in total. The van der Waals surface area contributed by atoms with Crippen LogP contribution in [0.4, 0.5) is 8.78 Å². The van der Waals surface area contributed by atoms with Crippen molar-refractivity contribution in [3.63, 3.8) is 0 Å². The van der Waals surface area contributed by atoms with E-state index in [1.807, 2.05) is 0 Å². The highest BCUT2D eigenvalue weighted by Gasteiger charge is 2.21. The van der Waals surface area contributed by atoms with Crippen molar-refractivity contribution >= 4 is 21.9 Å². The van der Waals surface area contributed by atoms with E-state index in [4.69, 9.17) is 4.74 Å². The molecule has 94 valence electrons. The van der Waals surface area contributed by atoms with Gasteiger partial charge in [-0.25, -0.2) is 8.78 Å². The number of esters is 1. The van der Waals surface area contributed by atoms with Crippen LogP contribution in [0.3, 0.4) is 0 Å². The second-order valence-electron chi connectivity index (χ2n) is 3.37. The number of carbonyl (C=O) groups excluding carboxylic acids is 1. The number of hydrogen-bond acceptors (Lipinski definition) is 3. The molecule has 0 bridgehead atoms. The zero-order chi connectivity index (χ0) is 13.0. The second-order valence-corrected chi connectivity index (χ2v) is 4.22. The number of ether oxygens (including phenoxy) is 1. The molecule has 1 aromatic heterocycles. The number of hydrogen-bond donors (Lipinski definition) is 0. The van der Waals surface area contributed by atoms with E-state index in [1.165, 1.54) is 13.1 Å². The summed E-state index contributed by atoms with van der Waals surface area (Å²) in [7, 11) is 0. The van der Waals surface area contributed by atoms with Gasteiger partial charge in [-0.2, -0.15) is 0 Å². The molecule has 0 aliphatic rings. The summed E-state index contributed by atoms with van der Waals surface area (Å²) in [5, 5.41) is 0. The van der Waals surface area contributed by atoms with Gasteiger partial charge in [0.2, 0.25) is 0 Å². The van der Waals surface area contributed by atoms with Crippen LogP contribution in [0.1, 0.15) is 30.2 Å². The van der Waals surface area contributed by atoms with Crippen LogP contribution in [0.25, 0.3) is 0 Å². The van der Waals surface area contributed by atoms with Crippen molar-refractivity contribution in [3.8, 4) is 0 Å². The molecule has 3 nitrogen and oxygen atoms in total. The Kier molecular flexibility index (Phi) is 4.99. The SMILES string of the molecule is CCOC(=O)Cc1c(Br)cnc(C)c1C(F)F. The third kappa shape index (κ3) is 3.46. The van der Waals surface area contributed by atoms with E-state index in [0.717, 1.165) is 0 Å². The Morgan fingerprint density at radius 3 is 2.76 bits per heavy atom. The van der Waals surface area contributed by atoms with Gasteiger partial charge in [0.1, 0.15) is 0 Å². The summed E-state index contributed by atoms with van der Waals surface area (Å²) in [5.41, 5.74) is 0.265. The van der Waals surface area contributed by atoms with Crippen molar-refractivity contribution in [2.75, 3.05) is 6.61 Å². The van der Waals surface area contributed by atoms with E-state index < -0.39 is 12.4 Å². The lowest BCUT2D eigenvalue weighted by Crippen LogP contribution is -2.11. The first-order valence-electron chi connectivity index (χ1n) is 5.05. The summed E-state index contributed by atoms with van der Waals surface area (Å²) < 4.78 is 30.9. The zero-order valence-electron chi connectivity index (χ0n) is 9.47. The first-order valence-corrected chi connectivity index (χ1v) is 5.84. The lowest BCUT2D eigenvalue weighted by atomic mass is 10.0. The molecule has 0 atom stereocenters. The van der Waals surface area contributed by atoms with E-state index in [0.29, 0.717) is 4.47 Å². The highest BCUT2D eigenvalue weighted by atomic mass is 79.9. The van der Waals surface area contributed by atoms with E-state index in [-0.39, 0.29) is 29.8 Å². The van der Waals surface area contributed by atoms with Crippen molar-refractivity contribution in [1.82, 2.24) is 4.98 Å². The normalized spacial score (nSPS) is 10.7. The molecule has 0 aromatic carbocycles. The average Bonchev–Trinajstić information content (AvgIpc) is 2.23. The zero-order valence-corrected chi connectivity index (χ0v) is 11.1. The maximum atomic E-state index is 12.9. The Labute approximate surface area is 106 Å². The van der Waals surface area contributed by atoms with Crippen LogP contribution in [0.15, 0.2) is 10.7 Å². The third-order valence-electron chi connectivity index (χ3n) is 2.22. The number of pyridine rings is 1. The highest BCUT2D eigenvalue weighted by Crippen LogP contribution is 2.30. The molecule has 0 fully saturated rings. The molecule has 0 aliphatic heterocycles. The van der Waals surface area contributed by atoms with Gasteiger partial charge < -0.3 is 4.74 Å². The quantitative estimate of drug-likeness (QED) is 0.802. The number of rotatable bonds is 4. The molecule has 1 rings (SSSR count). The molecular weight excluding hydrogens is 296 g/mol. The smallest absolute Gasteiger partial charge is 0.310 e. The van der Waals surface area contributed by atoms with Gasteiger partial charge in [0.25, 0.3) is 6.43 Å². The largest absolute Gasteiger partial charge is 0.466 e. The van der Waals surface area contributed by atoms with E-state index in [2.05, 4.69) is 20.9 Å². The van der Waals surface area contributed by atoms with Gasteiger partial charge in [0.05, 0.1) is 13.0 Å². The fourth-order valence-corrected chi connectivity index (χ4v) is 1.93. The number of nitrogens with zero attached hydrogens (tertiary/aromatic N) is 1. The summed E-state index contributed by atoms with van der Waals surface area (Å²) in [6.45, 7) is 3.38. The minimum absolute atomic E-state index is 0.183. The number of aromatic nitrogens is 1. The summed E-state index contributed by atoms with van der Waals surface area (Å²) in [5.74, 6) is -0.527. The van der Waals surface area contributed by atoms with Gasteiger partial charge in [-0.15, -0.1) is 0 Å². The van der Waals surface area contributed by atoms with Gasteiger partial charge >= 0.3 is 5.97 Å². The first kappa shape index (κ1) is 14.0. The molecule has 0 unspecified atom stereocenters. The van der Waals surface area contributed by atoms with Gasteiger partial charge in [-0.1, -0.05) is 0 Å².